The fourth-order valence-corrected chi connectivity index (χ4v) is 1.32. The molecular weight excluding hydrogens is 208 g/mol. The molecule has 5 nitrogen and oxygen atoms in total. The average molecular weight is 232 g/mol. The van der Waals surface area contributed by atoms with Crippen molar-refractivity contribution in [2.75, 3.05) is 26.9 Å². The van der Waals surface area contributed by atoms with Crippen LogP contribution in [-0.2, 0) is 14.3 Å². The predicted molar refractivity (Wildman–Crippen MR) is 63.2 cm³/mol. The number of carbonyl (C=O) groups is 1. The summed E-state index contributed by atoms with van der Waals surface area (Å²) in [5.41, 5.74) is 5.27. The van der Waals surface area contributed by atoms with Crippen molar-refractivity contribution in [1.82, 2.24) is 5.32 Å². The van der Waals surface area contributed by atoms with Gasteiger partial charge in [-0.05, 0) is 12.8 Å². The van der Waals surface area contributed by atoms with Gasteiger partial charge in [0.25, 0.3) is 0 Å². The number of hydrogen-bond acceptors (Lipinski definition) is 4. The molecule has 0 aromatic carbocycles. The molecule has 0 fully saturated rings. The van der Waals surface area contributed by atoms with E-state index >= 15 is 0 Å². The molecule has 0 aromatic rings. The Kier molecular flexibility index (Phi) is 9.18. The monoisotopic (exact) mass is 232 g/mol. The summed E-state index contributed by atoms with van der Waals surface area (Å²) in [7, 11) is 1.66. The molecule has 0 saturated heterocycles. The summed E-state index contributed by atoms with van der Waals surface area (Å²) >= 11 is 0. The van der Waals surface area contributed by atoms with Gasteiger partial charge < -0.3 is 20.5 Å². The van der Waals surface area contributed by atoms with E-state index in [1.807, 2.05) is 13.8 Å². The van der Waals surface area contributed by atoms with Crippen LogP contribution in [0.2, 0.25) is 0 Å². The molecule has 0 spiro atoms. The van der Waals surface area contributed by atoms with Gasteiger partial charge in [-0.15, -0.1) is 0 Å². The zero-order valence-corrected chi connectivity index (χ0v) is 10.5. The number of hydrogen-bond donors (Lipinski definition) is 2. The van der Waals surface area contributed by atoms with E-state index in [0.29, 0.717) is 26.2 Å². The molecule has 16 heavy (non-hydrogen) atoms. The summed E-state index contributed by atoms with van der Waals surface area (Å²) < 4.78 is 10.3. The van der Waals surface area contributed by atoms with Crippen LogP contribution < -0.4 is 11.1 Å². The Morgan fingerprint density at radius 1 is 1.31 bits per heavy atom. The van der Waals surface area contributed by atoms with Gasteiger partial charge in [0.15, 0.2) is 0 Å². The van der Waals surface area contributed by atoms with Gasteiger partial charge in [0, 0.05) is 33.0 Å². The first-order valence-electron chi connectivity index (χ1n) is 5.70. The second-order valence-corrected chi connectivity index (χ2v) is 4.02. The summed E-state index contributed by atoms with van der Waals surface area (Å²) in [6, 6.07) is -0.0617. The minimum Gasteiger partial charge on any atom is -0.385 e. The molecule has 0 bridgehead atoms. The van der Waals surface area contributed by atoms with Crippen LogP contribution in [0.1, 0.15) is 26.7 Å². The third-order valence-electron chi connectivity index (χ3n) is 2.07. The van der Waals surface area contributed by atoms with Gasteiger partial charge in [-0.3, -0.25) is 4.79 Å². The number of methoxy groups -OCH3 is 1. The summed E-state index contributed by atoms with van der Waals surface area (Å²) in [5.74, 6) is -0.325. The van der Waals surface area contributed by atoms with Crippen molar-refractivity contribution in [3.05, 3.63) is 0 Å². The molecule has 0 aromatic heterocycles. The van der Waals surface area contributed by atoms with Crippen molar-refractivity contribution in [2.24, 2.45) is 5.73 Å². The normalized spacial score (nSPS) is 13.0. The predicted octanol–water partition coefficient (Wildman–Crippen LogP) is 0.282. The van der Waals surface area contributed by atoms with E-state index in [-0.39, 0.29) is 18.0 Å². The van der Waals surface area contributed by atoms with Crippen molar-refractivity contribution in [1.29, 1.82) is 0 Å². The Morgan fingerprint density at radius 3 is 2.50 bits per heavy atom. The fraction of sp³-hybridized carbons (Fsp3) is 0.909. The fourth-order valence-electron chi connectivity index (χ4n) is 1.32. The molecule has 0 rings (SSSR count). The Balaban J connectivity index is 3.57. The maximum atomic E-state index is 11.1. The largest absolute Gasteiger partial charge is 0.385 e. The lowest BCUT2D eigenvalue weighted by Crippen LogP contribution is -2.45. The highest BCUT2D eigenvalue weighted by Crippen LogP contribution is 1.95. The number of rotatable bonds is 10. The van der Waals surface area contributed by atoms with Gasteiger partial charge in [-0.25, -0.2) is 0 Å². The van der Waals surface area contributed by atoms with Crippen molar-refractivity contribution in [3.63, 3.8) is 0 Å². The number of nitrogens with one attached hydrogen (secondary N) is 1. The molecule has 0 aliphatic carbocycles. The zero-order chi connectivity index (χ0) is 12.4. The molecular formula is C11H24N2O3. The molecule has 0 aliphatic rings. The molecule has 1 unspecified atom stereocenters. The first-order valence-corrected chi connectivity index (χ1v) is 5.70. The Bertz CT molecular complexity index is 186. The number of amides is 1. The topological polar surface area (TPSA) is 73.6 Å². The lowest BCUT2D eigenvalue weighted by molar-refractivity contribution is -0.120. The summed E-state index contributed by atoms with van der Waals surface area (Å²) in [6.07, 6.45) is 1.48. The van der Waals surface area contributed by atoms with Crippen LogP contribution in [-0.4, -0.2) is 44.9 Å². The standard InChI is InChI=1S/C11H24N2O3/c1-9(2)13-10(11(12)14)5-8-16-7-4-6-15-3/h9-10,13H,4-8H2,1-3H3,(H2,12,14). The third kappa shape index (κ3) is 8.64. The highest BCUT2D eigenvalue weighted by atomic mass is 16.5. The lowest BCUT2D eigenvalue weighted by atomic mass is 10.2. The number of nitrogens with two attached hydrogens (primary N) is 1. The Morgan fingerprint density at radius 2 is 2.00 bits per heavy atom. The molecule has 0 aliphatic heterocycles. The maximum absolute atomic E-state index is 11.1. The smallest absolute Gasteiger partial charge is 0.234 e. The molecule has 1 atom stereocenters. The van der Waals surface area contributed by atoms with Crippen molar-refractivity contribution < 1.29 is 14.3 Å². The highest BCUT2D eigenvalue weighted by Gasteiger charge is 2.15. The van der Waals surface area contributed by atoms with E-state index in [0.717, 1.165) is 6.42 Å². The number of ether oxygens (including phenoxy) is 2. The van der Waals surface area contributed by atoms with E-state index in [2.05, 4.69) is 5.32 Å². The molecule has 5 heteroatoms. The maximum Gasteiger partial charge on any atom is 0.234 e. The van der Waals surface area contributed by atoms with Crippen LogP contribution in [0, 0.1) is 0 Å². The summed E-state index contributed by atoms with van der Waals surface area (Å²) in [4.78, 5) is 11.1. The average Bonchev–Trinajstić information content (AvgIpc) is 2.20. The van der Waals surface area contributed by atoms with Crippen LogP contribution in [0.4, 0.5) is 0 Å². The van der Waals surface area contributed by atoms with Crippen molar-refractivity contribution in [2.45, 2.75) is 38.8 Å². The SMILES string of the molecule is COCCCOCCC(NC(C)C)C(N)=O. The van der Waals surface area contributed by atoms with Crippen LogP contribution in [0.5, 0.6) is 0 Å². The Labute approximate surface area is 97.7 Å². The first-order chi connectivity index (χ1) is 7.57. The quantitative estimate of drug-likeness (QED) is 0.531. The van der Waals surface area contributed by atoms with Crippen LogP contribution in [0.15, 0.2) is 0 Å². The van der Waals surface area contributed by atoms with E-state index in [1.165, 1.54) is 0 Å². The highest BCUT2D eigenvalue weighted by molar-refractivity contribution is 5.79. The van der Waals surface area contributed by atoms with Gasteiger partial charge >= 0.3 is 0 Å². The second kappa shape index (κ2) is 9.57. The zero-order valence-electron chi connectivity index (χ0n) is 10.5. The van der Waals surface area contributed by atoms with Crippen molar-refractivity contribution in [3.8, 4) is 0 Å². The minimum absolute atomic E-state index is 0.242. The minimum atomic E-state index is -0.325. The van der Waals surface area contributed by atoms with Crippen LogP contribution >= 0.6 is 0 Å². The van der Waals surface area contributed by atoms with Gasteiger partial charge in [0.2, 0.25) is 5.91 Å². The van der Waals surface area contributed by atoms with E-state index in [9.17, 15) is 4.79 Å². The molecule has 0 radical (unpaired) electrons. The number of carbonyl (C=O) groups excluding carboxylic acids is 1. The molecule has 1 amide bonds. The second-order valence-electron chi connectivity index (χ2n) is 4.02. The van der Waals surface area contributed by atoms with Crippen LogP contribution in [0.25, 0.3) is 0 Å². The van der Waals surface area contributed by atoms with Gasteiger partial charge in [0.1, 0.15) is 0 Å². The van der Waals surface area contributed by atoms with Crippen LogP contribution in [0.3, 0.4) is 0 Å². The number of primary amides is 1. The molecule has 3 N–H and O–H groups in total. The molecule has 0 saturated carbocycles. The van der Waals surface area contributed by atoms with Gasteiger partial charge in [-0.2, -0.15) is 0 Å². The van der Waals surface area contributed by atoms with Gasteiger partial charge in [-0.1, -0.05) is 13.8 Å². The van der Waals surface area contributed by atoms with E-state index in [4.69, 9.17) is 15.2 Å². The van der Waals surface area contributed by atoms with E-state index < -0.39 is 0 Å². The van der Waals surface area contributed by atoms with E-state index in [1.54, 1.807) is 7.11 Å². The summed E-state index contributed by atoms with van der Waals surface area (Å²) in [5, 5.41) is 3.10. The summed E-state index contributed by atoms with van der Waals surface area (Å²) in [6.45, 7) is 5.85. The van der Waals surface area contributed by atoms with Gasteiger partial charge in [0.05, 0.1) is 6.04 Å². The molecule has 0 heterocycles. The first kappa shape index (κ1) is 15.3. The molecule has 96 valence electrons. The lowest BCUT2D eigenvalue weighted by Gasteiger charge is -2.17. The third-order valence-corrected chi connectivity index (χ3v) is 2.07. The Hall–Kier alpha value is -0.650. The van der Waals surface area contributed by atoms with Crippen molar-refractivity contribution >= 4 is 5.91 Å².